The number of halogens is 1. The maximum Gasteiger partial charge on any atom is 0.328 e. The van der Waals surface area contributed by atoms with Crippen molar-refractivity contribution in [3.8, 4) is 0 Å². The predicted octanol–water partition coefficient (Wildman–Crippen LogP) is 0.739. The Kier molecular flexibility index (Phi) is 4.92. The number of hydrogen-bond acceptors (Lipinski definition) is 6. The lowest BCUT2D eigenvalue weighted by Crippen LogP contribution is -2.28. The highest BCUT2D eigenvalue weighted by Gasteiger charge is 2.28. The summed E-state index contributed by atoms with van der Waals surface area (Å²) < 4.78 is 12.1. The van der Waals surface area contributed by atoms with Crippen LogP contribution >= 0.6 is 23.8 Å². The van der Waals surface area contributed by atoms with Gasteiger partial charge in [-0.1, -0.05) is 23.8 Å². The van der Waals surface area contributed by atoms with Crippen molar-refractivity contribution < 1.29 is 14.3 Å². The number of hydrogen-bond donors (Lipinski definition) is 2. The zero-order chi connectivity index (χ0) is 14.7. The van der Waals surface area contributed by atoms with Crippen LogP contribution in [-0.4, -0.2) is 34.8 Å². The fourth-order valence-electron chi connectivity index (χ4n) is 1.93. The fraction of sp³-hybridized carbons (Fsp3) is 0.545. The molecule has 7 nitrogen and oxygen atoms in total. The number of nitrogens with one attached hydrogen (secondary N) is 1. The smallest absolute Gasteiger partial charge is 0.328 e. The molecule has 1 fully saturated rings. The van der Waals surface area contributed by atoms with E-state index in [-0.39, 0.29) is 34.6 Å². The van der Waals surface area contributed by atoms with Crippen LogP contribution in [0.1, 0.15) is 19.1 Å². The molecule has 1 aromatic rings. The normalized spacial score (nSPS) is 21.9. The topological polar surface area (TPSA) is 99.3 Å². The molecule has 1 aromatic heterocycles. The SMILES string of the molecule is NCC(=O)OCC1CCC(n2cc(Cl)c(=S)[nH]c2=O)O1. The highest BCUT2D eigenvalue weighted by Crippen LogP contribution is 2.27. The molecule has 2 atom stereocenters. The summed E-state index contributed by atoms with van der Waals surface area (Å²) in [6.07, 6.45) is 2.02. The van der Waals surface area contributed by atoms with Gasteiger partial charge >= 0.3 is 11.7 Å². The largest absolute Gasteiger partial charge is 0.462 e. The van der Waals surface area contributed by atoms with Gasteiger partial charge in [0.15, 0.2) is 0 Å². The molecule has 2 heterocycles. The van der Waals surface area contributed by atoms with Crippen molar-refractivity contribution in [1.29, 1.82) is 0 Å². The van der Waals surface area contributed by atoms with Gasteiger partial charge in [-0.15, -0.1) is 0 Å². The van der Waals surface area contributed by atoms with Gasteiger partial charge in [-0.25, -0.2) is 4.79 Å². The number of ether oxygens (including phenoxy) is 2. The monoisotopic (exact) mass is 319 g/mol. The van der Waals surface area contributed by atoms with Crippen LogP contribution in [-0.2, 0) is 14.3 Å². The molecule has 0 aliphatic carbocycles. The summed E-state index contributed by atoms with van der Waals surface area (Å²) in [5.74, 6) is -0.485. The minimum absolute atomic E-state index is 0.123. The van der Waals surface area contributed by atoms with Crippen molar-refractivity contribution in [2.75, 3.05) is 13.2 Å². The van der Waals surface area contributed by atoms with E-state index in [0.29, 0.717) is 12.8 Å². The maximum atomic E-state index is 11.8. The minimum atomic E-state index is -0.485. The molecule has 0 bridgehead atoms. The van der Waals surface area contributed by atoms with Crippen LogP contribution in [0.5, 0.6) is 0 Å². The van der Waals surface area contributed by atoms with E-state index < -0.39 is 12.2 Å². The Morgan fingerprint density at radius 2 is 2.40 bits per heavy atom. The van der Waals surface area contributed by atoms with Crippen molar-refractivity contribution in [3.63, 3.8) is 0 Å². The molecule has 1 aliphatic heterocycles. The number of aromatic nitrogens is 2. The molecule has 2 unspecified atom stereocenters. The Morgan fingerprint density at radius 3 is 3.10 bits per heavy atom. The van der Waals surface area contributed by atoms with Crippen molar-refractivity contribution in [3.05, 3.63) is 26.3 Å². The molecule has 1 aliphatic rings. The van der Waals surface area contributed by atoms with Gasteiger partial charge in [-0.2, -0.15) is 0 Å². The summed E-state index contributed by atoms with van der Waals surface area (Å²) in [5, 5.41) is 0.279. The molecule has 0 radical (unpaired) electrons. The molecule has 110 valence electrons. The van der Waals surface area contributed by atoms with Crippen molar-refractivity contribution in [2.24, 2.45) is 5.73 Å². The Balaban J connectivity index is 2.03. The summed E-state index contributed by atoms with van der Waals surface area (Å²) >= 11 is 10.8. The Bertz CT molecular complexity index is 614. The van der Waals surface area contributed by atoms with Gasteiger partial charge in [0.2, 0.25) is 0 Å². The second-order valence-electron chi connectivity index (χ2n) is 4.32. The van der Waals surface area contributed by atoms with Gasteiger partial charge in [-0.3, -0.25) is 14.3 Å². The van der Waals surface area contributed by atoms with Gasteiger partial charge in [0, 0.05) is 6.20 Å². The van der Waals surface area contributed by atoms with E-state index in [1.807, 2.05) is 0 Å². The number of H-pyrrole nitrogens is 1. The second-order valence-corrected chi connectivity index (χ2v) is 5.14. The first-order valence-corrected chi connectivity index (χ1v) is 6.82. The number of esters is 1. The molecule has 9 heteroatoms. The lowest BCUT2D eigenvalue weighted by molar-refractivity contribution is -0.146. The third-order valence-electron chi connectivity index (χ3n) is 2.92. The average Bonchev–Trinajstić information content (AvgIpc) is 2.88. The van der Waals surface area contributed by atoms with E-state index in [1.54, 1.807) is 0 Å². The lowest BCUT2D eigenvalue weighted by Gasteiger charge is -2.16. The third kappa shape index (κ3) is 3.45. The van der Waals surface area contributed by atoms with Crippen molar-refractivity contribution in [2.45, 2.75) is 25.2 Å². The maximum absolute atomic E-state index is 11.8. The predicted molar refractivity (Wildman–Crippen MR) is 74.1 cm³/mol. The highest BCUT2D eigenvalue weighted by atomic mass is 35.5. The summed E-state index contributed by atoms with van der Waals surface area (Å²) in [4.78, 5) is 25.2. The van der Waals surface area contributed by atoms with E-state index in [9.17, 15) is 9.59 Å². The first-order chi connectivity index (χ1) is 9.51. The summed E-state index contributed by atoms with van der Waals surface area (Å²) in [6, 6.07) is 0. The van der Waals surface area contributed by atoms with E-state index in [2.05, 4.69) is 4.98 Å². The molecular weight excluding hydrogens is 306 g/mol. The van der Waals surface area contributed by atoms with Crippen molar-refractivity contribution in [1.82, 2.24) is 9.55 Å². The number of carbonyl (C=O) groups excluding carboxylic acids is 1. The van der Waals surface area contributed by atoms with Crippen molar-refractivity contribution >= 4 is 29.8 Å². The third-order valence-corrected chi connectivity index (χ3v) is 3.64. The standard InChI is InChI=1S/C11H14ClN3O4S/c12-7-4-15(11(17)14-10(7)20)8-2-1-6(19-8)5-18-9(16)3-13/h4,6,8H,1-3,5,13H2,(H,14,17,20). The average molecular weight is 320 g/mol. The lowest BCUT2D eigenvalue weighted by atomic mass is 10.2. The van der Waals surface area contributed by atoms with Crippen LogP contribution in [0, 0.1) is 4.64 Å². The van der Waals surface area contributed by atoms with Gasteiger partial charge in [0.05, 0.1) is 17.7 Å². The minimum Gasteiger partial charge on any atom is -0.462 e. The molecule has 2 rings (SSSR count). The summed E-state index contributed by atoms with van der Waals surface area (Å²) in [5.41, 5.74) is 4.75. The highest BCUT2D eigenvalue weighted by molar-refractivity contribution is 7.71. The first kappa shape index (κ1) is 15.2. The van der Waals surface area contributed by atoms with Gasteiger partial charge in [0.25, 0.3) is 0 Å². The van der Waals surface area contributed by atoms with E-state index in [0.717, 1.165) is 0 Å². The van der Waals surface area contributed by atoms with Crippen LogP contribution < -0.4 is 11.4 Å². The van der Waals surface area contributed by atoms with Crippen LogP contribution in [0.4, 0.5) is 0 Å². The molecule has 0 spiro atoms. The van der Waals surface area contributed by atoms with Gasteiger partial charge in [-0.05, 0) is 12.8 Å². The van der Waals surface area contributed by atoms with Crippen LogP contribution in [0.15, 0.2) is 11.0 Å². The molecule has 0 amide bonds. The zero-order valence-corrected chi connectivity index (χ0v) is 12.1. The Morgan fingerprint density at radius 1 is 1.65 bits per heavy atom. The summed E-state index contributed by atoms with van der Waals surface area (Å²) in [7, 11) is 0. The Hall–Kier alpha value is -1.22. The first-order valence-electron chi connectivity index (χ1n) is 6.03. The van der Waals surface area contributed by atoms with E-state index in [1.165, 1.54) is 10.8 Å². The van der Waals surface area contributed by atoms with Gasteiger partial charge < -0.3 is 15.2 Å². The molecule has 1 saturated heterocycles. The van der Waals surface area contributed by atoms with E-state index in [4.69, 9.17) is 39.0 Å². The van der Waals surface area contributed by atoms with Crippen LogP contribution in [0.3, 0.4) is 0 Å². The fourth-order valence-corrected chi connectivity index (χ4v) is 2.23. The van der Waals surface area contributed by atoms with Crippen LogP contribution in [0.25, 0.3) is 0 Å². The molecule has 0 saturated carbocycles. The Labute approximate surface area is 124 Å². The number of nitrogens with two attached hydrogens (primary N) is 1. The molecule has 20 heavy (non-hydrogen) atoms. The summed E-state index contributed by atoms with van der Waals surface area (Å²) in [6.45, 7) is -0.0433. The molecular formula is C11H14ClN3O4S. The second kappa shape index (κ2) is 6.49. The zero-order valence-electron chi connectivity index (χ0n) is 10.5. The number of rotatable bonds is 4. The number of nitrogens with zero attached hydrogens (tertiary/aromatic N) is 1. The van der Waals surface area contributed by atoms with E-state index >= 15 is 0 Å². The molecule has 3 N–H and O–H groups in total. The number of carbonyl (C=O) groups is 1. The van der Waals surface area contributed by atoms with Gasteiger partial charge in [0.1, 0.15) is 17.5 Å². The number of aromatic amines is 1. The van der Waals surface area contributed by atoms with Crippen LogP contribution in [0.2, 0.25) is 5.02 Å². The molecule has 0 aromatic carbocycles. The quantitative estimate of drug-likeness (QED) is 0.627.